The van der Waals surface area contributed by atoms with Crippen molar-refractivity contribution in [3.05, 3.63) is 26.6 Å². The van der Waals surface area contributed by atoms with Crippen molar-refractivity contribution < 1.29 is 0 Å². The van der Waals surface area contributed by atoms with E-state index >= 15 is 0 Å². The summed E-state index contributed by atoms with van der Waals surface area (Å²) >= 11 is 11.0. The van der Waals surface area contributed by atoms with Crippen molar-refractivity contribution in [3.8, 4) is 10.7 Å². The molecule has 0 bridgehead atoms. The highest BCUT2D eigenvalue weighted by Crippen LogP contribution is 2.37. The summed E-state index contributed by atoms with van der Waals surface area (Å²) in [6.45, 7) is 7.27. The number of hydrogen-bond acceptors (Lipinski definition) is 4. The number of nitrogens with zero attached hydrogens (tertiary/aromatic N) is 2. The highest BCUT2D eigenvalue weighted by molar-refractivity contribution is 9.10. The lowest BCUT2D eigenvalue weighted by molar-refractivity contribution is 0.635. The lowest BCUT2D eigenvalue weighted by Gasteiger charge is -2.09. The predicted molar refractivity (Wildman–Crippen MR) is 90.8 cm³/mol. The summed E-state index contributed by atoms with van der Waals surface area (Å²) < 4.78 is 1.62. The standard InChI is InChI=1S/C14H17BrClN3S/c1-4-17-12-6-9(5-8(2)3)18-14(19-12)11-7-10(15)13(16)20-11/h6-8H,4-5H2,1-3H3,(H,17,18,19). The van der Waals surface area contributed by atoms with Crippen molar-refractivity contribution in [3.63, 3.8) is 0 Å². The van der Waals surface area contributed by atoms with Crippen LogP contribution in [0, 0.1) is 5.92 Å². The first-order valence-electron chi connectivity index (χ1n) is 6.56. The van der Waals surface area contributed by atoms with Gasteiger partial charge < -0.3 is 5.32 Å². The Labute approximate surface area is 136 Å². The molecular weight excluding hydrogens is 358 g/mol. The van der Waals surface area contributed by atoms with E-state index in [9.17, 15) is 0 Å². The van der Waals surface area contributed by atoms with Crippen molar-refractivity contribution in [2.75, 3.05) is 11.9 Å². The maximum Gasteiger partial charge on any atom is 0.171 e. The van der Waals surface area contributed by atoms with Crippen molar-refractivity contribution in [1.29, 1.82) is 0 Å². The normalized spacial score (nSPS) is 11.1. The first kappa shape index (κ1) is 15.7. The van der Waals surface area contributed by atoms with Crippen LogP contribution in [0.3, 0.4) is 0 Å². The predicted octanol–water partition coefficient (Wildman–Crippen LogP) is 5.25. The quantitative estimate of drug-likeness (QED) is 0.776. The van der Waals surface area contributed by atoms with Crippen LogP contribution in [0.25, 0.3) is 10.7 Å². The number of rotatable bonds is 5. The molecule has 0 aliphatic rings. The smallest absolute Gasteiger partial charge is 0.171 e. The molecule has 2 rings (SSSR count). The number of halogens is 2. The van der Waals surface area contributed by atoms with Gasteiger partial charge in [0.25, 0.3) is 0 Å². The zero-order chi connectivity index (χ0) is 14.7. The number of thiophene rings is 1. The molecule has 2 heterocycles. The van der Waals surface area contributed by atoms with Gasteiger partial charge in [-0.1, -0.05) is 25.4 Å². The Bertz CT molecular complexity index is 579. The van der Waals surface area contributed by atoms with Gasteiger partial charge >= 0.3 is 0 Å². The zero-order valence-electron chi connectivity index (χ0n) is 11.7. The molecule has 0 saturated carbocycles. The molecule has 0 spiro atoms. The van der Waals surface area contributed by atoms with E-state index in [1.807, 2.05) is 12.1 Å². The molecule has 0 atom stereocenters. The molecule has 0 aliphatic carbocycles. The summed E-state index contributed by atoms with van der Waals surface area (Å²) in [6.07, 6.45) is 0.939. The lowest BCUT2D eigenvalue weighted by Crippen LogP contribution is -2.05. The molecule has 1 N–H and O–H groups in total. The highest BCUT2D eigenvalue weighted by Gasteiger charge is 2.12. The van der Waals surface area contributed by atoms with Crippen LogP contribution in [0.1, 0.15) is 26.5 Å². The van der Waals surface area contributed by atoms with E-state index in [0.717, 1.165) is 44.0 Å². The summed E-state index contributed by atoms with van der Waals surface area (Å²) in [5.74, 6) is 2.16. The van der Waals surface area contributed by atoms with E-state index in [0.29, 0.717) is 5.92 Å². The average Bonchev–Trinajstić information content (AvgIpc) is 2.69. The summed E-state index contributed by atoms with van der Waals surface area (Å²) in [4.78, 5) is 10.2. The Balaban J connectivity index is 2.42. The SMILES string of the molecule is CCNc1cc(CC(C)C)nc(-c2cc(Br)c(Cl)s2)n1. The largest absolute Gasteiger partial charge is 0.370 e. The van der Waals surface area contributed by atoms with Gasteiger partial charge in [-0.25, -0.2) is 9.97 Å². The molecule has 20 heavy (non-hydrogen) atoms. The molecule has 6 heteroatoms. The average molecular weight is 375 g/mol. The van der Waals surface area contributed by atoms with E-state index < -0.39 is 0 Å². The molecule has 0 fully saturated rings. The summed E-state index contributed by atoms with van der Waals surface area (Å²) in [5.41, 5.74) is 1.06. The third-order valence-electron chi connectivity index (χ3n) is 2.62. The third kappa shape index (κ3) is 3.93. The molecule has 0 amide bonds. The first-order valence-corrected chi connectivity index (χ1v) is 8.55. The van der Waals surface area contributed by atoms with Gasteiger partial charge in [0.05, 0.1) is 4.88 Å². The van der Waals surface area contributed by atoms with Crippen LogP contribution in [0.2, 0.25) is 4.34 Å². The van der Waals surface area contributed by atoms with E-state index in [4.69, 9.17) is 11.6 Å². The fourth-order valence-corrected chi connectivity index (χ4v) is 3.50. The minimum absolute atomic E-state index is 0.561. The summed E-state index contributed by atoms with van der Waals surface area (Å²) in [6, 6.07) is 3.99. The van der Waals surface area contributed by atoms with Gasteiger partial charge in [0.15, 0.2) is 5.82 Å². The maximum atomic E-state index is 6.10. The highest BCUT2D eigenvalue weighted by atomic mass is 79.9. The van der Waals surface area contributed by atoms with E-state index in [1.54, 1.807) is 0 Å². The lowest BCUT2D eigenvalue weighted by atomic mass is 10.1. The van der Waals surface area contributed by atoms with Crippen molar-refractivity contribution in [2.45, 2.75) is 27.2 Å². The van der Waals surface area contributed by atoms with E-state index in [1.165, 1.54) is 11.3 Å². The molecule has 0 aromatic carbocycles. The van der Waals surface area contributed by atoms with Crippen LogP contribution in [0.4, 0.5) is 5.82 Å². The van der Waals surface area contributed by atoms with Crippen LogP contribution in [0.15, 0.2) is 16.6 Å². The van der Waals surface area contributed by atoms with Gasteiger partial charge in [-0.3, -0.25) is 0 Å². The first-order chi connectivity index (χ1) is 9.49. The second kappa shape index (κ2) is 6.87. The van der Waals surface area contributed by atoms with Gasteiger partial charge in [0.2, 0.25) is 0 Å². The number of anilines is 1. The molecule has 0 aliphatic heterocycles. The summed E-state index contributed by atoms with van der Waals surface area (Å²) in [7, 11) is 0. The van der Waals surface area contributed by atoms with Crippen LogP contribution in [0.5, 0.6) is 0 Å². The number of hydrogen-bond donors (Lipinski definition) is 1. The zero-order valence-corrected chi connectivity index (χ0v) is 14.9. The maximum absolute atomic E-state index is 6.10. The second-order valence-electron chi connectivity index (χ2n) is 4.93. The topological polar surface area (TPSA) is 37.8 Å². The molecule has 0 unspecified atom stereocenters. The van der Waals surface area contributed by atoms with Gasteiger partial charge in [0.1, 0.15) is 10.2 Å². The monoisotopic (exact) mass is 373 g/mol. The van der Waals surface area contributed by atoms with Crippen molar-refractivity contribution in [2.24, 2.45) is 5.92 Å². The number of aromatic nitrogens is 2. The van der Waals surface area contributed by atoms with Crippen molar-refractivity contribution >= 4 is 44.7 Å². The Hall–Kier alpha value is -0.650. The minimum Gasteiger partial charge on any atom is -0.370 e. The van der Waals surface area contributed by atoms with Gasteiger partial charge in [0, 0.05) is 22.8 Å². The Morgan fingerprint density at radius 1 is 1.35 bits per heavy atom. The Kier molecular flexibility index (Phi) is 5.41. The van der Waals surface area contributed by atoms with Gasteiger partial charge in [-0.05, 0) is 41.3 Å². The second-order valence-corrected chi connectivity index (χ2v) is 7.44. The molecule has 0 radical (unpaired) electrons. The van der Waals surface area contributed by atoms with Crippen molar-refractivity contribution in [1.82, 2.24) is 9.97 Å². The van der Waals surface area contributed by atoms with Crippen LogP contribution in [-0.4, -0.2) is 16.5 Å². The third-order valence-corrected chi connectivity index (χ3v) is 5.09. The Morgan fingerprint density at radius 3 is 2.65 bits per heavy atom. The molecule has 2 aromatic rings. The fraction of sp³-hybridized carbons (Fsp3) is 0.429. The molecule has 2 aromatic heterocycles. The summed E-state index contributed by atoms with van der Waals surface area (Å²) in [5, 5.41) is 3.26. The van der Waals surface area contributed by atoms with Gasteiger partial charge in [-0.2, -0.15) is 0 Å². The van der Waals surface area contributed by atoms with Crippen LogP contribution >= 0.6 is 38.9 Å². The van der Waals surface area contributed by atoms with Gasteiger partial charge in [-0.15, -0.1) is 11.3 Å². The fourth-order valence-electron chi connectivity index (χ4n) is 1.86. The van der Waals surface area contributed by atoms with E-state index in [-0.39, 0.29) is 0 Å². The van der Waals surface area contributed by atoms with Crippen LogP contribution < -0.4 is 5.32 Å². The number of nitrogens with one attached hydrogen (secondary N) is 1. The molecular formula is C14H17BrClN3S. The van der Waals surface area contributed by atoms with Crippen LogP contribution in [-0.2, 0) is 6.42 Å². The molecule has 0 saturated heterocycles. The molecule has 3 nitrogen and oxygen atoms in total. The van der Waals surface area contributed by atoms with E-state index in [2.05, 4.69) is 52.0 Å². The Morgan fingerprint density at radius 2 is 2.10 bits per heavy atom. The minimum atomic E-state index is 0.561. The molecule has 108 valence electrons.